The van der Waals surface area contributed by atoms with E-state index in [-0.39, 0.29) is 24.1 Å². The van der Waals surface area contributed by atoms with E-state index in [4.69, 9.17) is 4.74 Å². The highest BCUT2D eigenvalue weighted by molar-refractivity contribution is 7.92. The molecule has 3 aromatic carbocycles. The van der Waals surface area contributed by atoms with Gasteiger partial charge in [-0.25, -0.2) is 8.42 Å². The smallest absolute Gasteiger partial charge is 0.264 e. The fourth-order valence-electron chi connectivity index (χ4n) is 3.67. The molecule has 3 rings (SSSR count). The Hall–Kier alpha value is -3.32. The molecule has 180 valence electrons. The second-order valence-corrected chi connectivity index (χ2v) is 10.6. The van der Waals surface area contributed by atoms with Crippen molar-refractivity contribution in [1.29, 1.82) is 0 Å². The van der Waals surface area contributed by atoms with E-state index in [0.717, 1.165) is 28.0 Å². The third-order valence-electron chi connectivity index (χ3n) is 5.38. The molecule has 1 unspecified atom stereocenters. The number of carbonyl (C=O) groups excluding carboxylic acids is 1. The molecule has 34 heavy (non-hydrogen) atoms. The Morgan fingerprint density at radius 2 is 1.53 bits per heavy atom. The van der Waals surface area contributed by atoms with Crippen molar-refractivity contribution in [2.75, 3.05) is 17.5 Å². The number of sulfonamides is 1. The Kier molecular flexibility index (Phi) is 7.99. The zero-order valence-electron chi connectivity index (χ0n) is 20.3. The van der Waals surface area contributed by atoms with Gasteiger partial charge in [0.1, 0.15) is 18.9 Å². The lowest BCUT2D eigenvalue weighted by atomic mass is 10.1. The predicted molar refractivity (Wildman–Crippen MR) is 136 cm³/mol. The Bertz CT molecular complexity index is 1230. The first kappa shape index (κ1) is 25.3. The van der Waals surface area contributed by atoms with Crippen molar-refractivity contribution in [2.24, 2.45) is 0 Å². The van der Waals surface area contributed by atoms with Gasteiger partial charge in [-0.05, 0) is 81.6 Å². The number of hydrogen-bond acceptors (Lipinski definition) is 4. The Morgan fingerprint density at radius 3 is 2.15 bits per heavy atom. The lowest BCUT2D eigenvalue weighted by molar-refractivity contribution is -0.120. The molecule has 0 aliphatic carbocycles. The van der Waals surface area contributed by atoms with Crippen LogP contribution >= 0.6 is 0 Å². The highest BCUT2D eigenvalue weighted by atomic mass is 32.2. The van der Waals surface area contributed by atoms with Crippen LogP contribution in [-0.4, -0.2) is 33.5 Å². The van der Waals surface area contributed by atoms with E-state index in [9.17, 15) is 13.2 Å². The first-order valence-corrected chi connectivity index (χ1v) is 12.7. The average molecular weight is 481 g/mol. The van der Waals surface area contributed by atoms with Gasteiger partial charge in [-0.2, -0.15) is 0 Å². The van der Waals surface area contributed by atoms with Crippen LogP contribution in [0.2, 0.25) is 0 Å². The molecule has 7 heteroatoms. The Morgan fingerprint density at radius 1 is 0.912 bits per heavy atom. The maximum absolute atomic E-state index is 13.6. The van der Waals surface area contributed by atoms with Gasteiger partial charge < -0.3 is 10.1 Å². The van der Waals surface area contributed by atoms with E-state index in [1.54, 1.807) is 36.4 Å². The van der Waals surface area contributed by atoms with Gasteiger partial charge in [-0.15, -0.1) is 0 Å². The molecule has 0 aromatic heterocycles. The van der Waals surface area contributed by atoms with Crippen molar-refractivity contribution in [3.05, 3.63) is 89.0 Å². The summed E-state index contributed by atoms with van der Waals surface area (Å²) in [4.78, 5) is 13.1. The summed E-state index contributed by atoms with van der Waals surface area (Å²) in [6, 6.07) is 19.5. The Balaban J connectivity index is 1.80. The van der Waals surface area contributed by atoms with Crippen LogP contribution in [0.5, 0.6) is 5.75 Å². The van der Waals surface area contributed by atoms with Gasteiger partial charge in [0, 0.05) is 0 Å². The number of nitrogens with zero attached hydrogens (tertiary/aromatic N) is 1. The van der Waals surface area contributed by atoms with Gasteiger partial charge in [0.2, 0.25) is 5.91 Å². The van der Waals surface area contributed by atoms with Gasteiger partial charge in [-0.1, -0.05) is 42.0 Å². The van der Waals surface area contributed by atoms with Crippen molar-refractivity contribution in [1.82, 2.24) is 5.32 Å². The quantitative estimate of drug-likeness (QED) is 0.482. The second kappa shape index (κ2) is 10.7. The predicted octanol–water partition coefficient (Wildman–Crippen LogP) is 4.70. The standard InChI is InChI=1S/C27H32N2O4S/c1-19-10-12-25(13-11-19)34(31,32)29(24-15-20(2)14-21(3)16-24)17-27(30)28-23(5)18-33-26-9-7-6-8-22(26)4/h6-16,23H,17-18H2,1-5H3,(H,28,30). The van der Waals surface area contributed by atoms with E-state index in [1.165, 1.54) is 4.31 Å². The molecule has 6 nitrogen and oxygen atoms in total. The highest BCUT2D eigenvalue weighted by Crippen LogP contribution is 2.26. The summed E-state index contributed by atoms with van der Waals surface area (Å²) < 4.78 is 34.1. The molecule has 3 aromatic rings. The number of carbonyl (C=O) groups is 1. The molecule has 0 saturated heterocycles. The van der Waals surface area contributed by atoms with Crippen molar-refractivity contribution < 1.29 is 17.9 Å². The average Bonchev–Trinajstić information content (AvgIpc) is 2.76. The van der Waals surface area contributed by atoms with Crippen LogP contribution in [0.15, 0.2) is 71.6 Å². The number of anilines is 1. The minimum absolute atomic E-state index is 0.140. The van der Waals surface area contributed by atoms with Crippen molar-refractivity contribution >= 4 is 21.6 Å². The van der Waals surface area contributed by atoms with Crippen molar-refractivity contribution in [3.63, 3.8) is 0 Å². The summed E-state index contributed by atoms with van der Waals surface area (Å²) in [6.45, 7) is 9.41. The fraction of sp³-hybridized carbons (Fsp3) is 0.296. The minimum Gasteiger partial charge on any atom is -0.491 e. The number of hydrogen-bond donors (Lipinski definition) is 1. The topological polar surface area (TPSA) is 75.7 Å². The first-order chi connectivity index (χ1) is 16.1. The van der Waals surface area contributed by atoms with E-state index >= 15 is 0 Å². The number of para-hydroxylation sites is 1. The number of rotatable bonds is 9. The summed E-state index contributed by atoms with van der Waals surface area (Å²) >= 11 is 0. The molecule has 0 bridgehead atoms. The third-order valence-corrected chi connectivity index (χ3v) is 7.17. The van der Waals surface area contributed by atoms with Gasteiger partial charge in [0.25, 0.3) is 10.0 Å². The number of nitrogens with one attached hydrogen (secondary N) is 1. The van der Waals surface area contributed by atoms with Gasteiger partial charge in [0.05, 0.1) is 16.6 Å². The van der Waals surface area contributed by atoms with Crippen LogP contribution in [0.25, 0.3) is 0 Å². The van der Waals surface area contributed by atoms with Crippen LogP contribution in [0.3, 0.4) is 0 Å². The number of benzene rings is 3. The summed E-state index contributed by atoms with van der Waals surface area (Å²) in [7, 11) is -3.95. The lowest BCUT2D eigenvalue weighted by Crippen LogP contribution is -2.45. The SMILES string of the molecule is Cc1ccc(S(=O)(=O)N(CC(=O)NC(C)COc2ccccc2C)c2cc(C)cc(C)c2)cc1. The number of ether oxygens (including phenoxy) is 1. The monoisotopic (exact) mass is 480 g/mol. The summed E-state index contributed by atoms with van der Waals surface area (Å²) in [5.41, 5.74) is 4.25. The molecule has 0 heterocycles. The molecule has 0 radical (unpaired) electrons. The number of amides is 1. The molecule has 1 amide bonds. The largest absolute Gasteiger partial charge is 0.491 e. The minimum atomic E-state index is -3.95. The van der Waals surface area contributed by atoms with Gasteiger partial charge >= 0.3 is 0 Å². The van der Waals surface area contributed by atoms with Crippen molar-refractivity contribution in [2.45, 2.75) is 45.6 Å². The molecule has 0 spiro atoms. The zero-order valence-corrected chi connectivity index (χ0v) is 21.1. The Labute approximate surface area is 202 Å². The maximum atomic E-state index is 13.6. The molecular formula is C27H32N2O4S. The maximum Gasteiger partial charge on any atom is 0.264 e. The van der Waals surface area contributed by atoms with E-state index in [0.29, 0.717) is 5.69 Å². The molecule has 0 fully saturated rings. The normalized spacial score (nSPS) is 12.1. The van der Waals surface area contributed by atoms with Gasteiger partial charge in [0.15, 0.2) is 0 Å². The summed E-state index contributed by atoms with van der Waals surface area (Å²) in [5, 5.41) is 2.86. The van der Waals surface area contributed by atoms with Gasteiger partial charge in [-0.3, -0.25) is 9.10 Å². The molecule has 1 N–H and O–H groups in total. The molecule has 1 atom stereocenters. The fourth-order valence-corrected chi connectivity index (χ4v) is 5.08. The first-order valence-electron chi connectivity index (χ1n) is 11.2. The zero-order chi connectivity index (χ0) is 24.9. The van der Waals surface area contributed by atoms with Crippen LogP contribution in [0.1, 0.15) is 29.2 Å². The molecule has 0 aliphatic heterocycles. The van der Waals surface area contributed by atoms with E-state index in [1.807, 2.05) is 65.0 Å². The highest BCUT2D eigenvalue weighted by Gasteiger charge is 2.28. The van der Waals surface area contributed by atoms with Crippen LogP contribution < -0.4 is 14.4 Å². The van der Waals surface area contributed by atoms with Crippen LogP contribution in [0.4, 0.5) is 5.69 Å². The second-order valence-electron chi connectivity index (χ2n) is 8.72. The lowest BCUT2D eigenvalue weighted by Gasteiger charge is -2.26. The van der Waals surface area contributed by atoms with Crippen LogP contribution in [0, 0.1) is 27.7 Å². The molecular weight excluding hydrogens is 448 g/mol. The van der Waals surface area contributed by atoms with Crippen molar-refractivity contribution in [3.8, 4) is 5.75 Å². The molecule has 0 saturated carbocycles. The summed E-state index contributed by atoms with van der Waals surface area (Å²) in [6.07, 6.45) is 0. The molecule has 0 aliphatic rings. The van der Waals surface area contributed by atoms with E-state index in [2.05, 4.69) is 5.32 Å². The van der Waals surface area contributed by atoms with E-state index < -0.39 is 15.9 Å². The van der Waals surface area contributed by atoms with Crippen LogP contribution in [-0.2, 0) is 14.8 Å². The number of aryl methyl sites for hydroxylation is 4. The third kappa shape index (κ3) is 6.38. The summed E-state index contributed by atoms with van der Waals surface area (Å²) in [5.74, 6) is 0.345.